The van der Waals surface area contributed by atoms with Gasteiger partial charge in [-0.25, -0.2) is 17.9 Å². The molecule has 2 rings (SSSR count). The predicted molar refractivity (Wildman–Crippen MR) is 83.2 cm³/mol. The molecule has 0 aliphatic carbocycles. The maximum Gasteiger partial charge on any atom is 0.337 e. The van der Waals surface area contributed by atoms with Crippen molar-refractivity contribution in [3.8, 4) is 0 Å². The summed E-state index contributed by atoms with van der Waals surface area (Å²) in [5.41, 5.74) is 0.330. The van der Waals surface area contributed by atoms with Gasteiger partial charge in [0, 0.05) is 12.6 Å². The van der Waals surface area contributed by atoms with Gasteiger partial charge < -0.3 is 9.64 Å². The van der Waals surface area contributed by atoms with Crippen molar-refractivity contribution in [2.75, 3.05) is 26.7 Å². The van der Waals surface area contributed by atoms with Crippen LogP contribution < -0.4 is 4.72 Å². The van der Waals surface area contributed by atoms with Gasteiger partial charge in [0.05, 0.1) is 17.6 Å². The van der Waals surface area contributed by atoms with Crippen LogP contribution in [0.1, 0.15) is 30.1 Å². The number of rotatable bonds is 5. The normalized spacial score (nSPS) is 19.8. The Labute approximate surface area is 131 Å². The number of carbonyl (C=O) groups excluding carboxylic acids is 1. The zero-order valence-corrected chi connectivity index (χ0v) is 13.7. The monoisotopic (exact) mass is 326 g/mol. The van der Waals surface area contributed by atoms with E-state index in [0.717, 1.165) is 32.5 Å². The van der Waals surface area contributed by atoms with E-state index in [2.05, 4.69) is 21.3 Å². The summed E-state index contributed by atoms with van der Waals surface area (Å²) in [6.45, 7) is 4.74. The van der Waals surface area contributed by atoms with Gasteiger partial charge in [0.25, 0.3) is 0 Å². The summed E-state index contributed by atoms with van der Waals surface area (Å²) in [5.74, 6) is -0.484. The number of carbonyl (C=O) groups is 1. The molecule has 6 nitrogen and oxygen atoms in total. The standard InChI is InChI=1S/C15H22N2O4S/c1-3-17-10-4-5-13(11-17)16-22(19,20)14-8-6-12(7-9-14)15(18)21-2/h6-9,13,16H,3-5,10-11H2,1-2H3. The third-order valence-corrected chi connectivity index (χ3v) is 5.40. The predicted octanol–water partition coefficient (Wildman–Crippen LogP) is 1.24. The summed E-state index contributed by atoms with van der Waals surface area (Å²) in [4.78, 5) is 13.8. The molecule has 1 aromatic rings. The molecule has 0 amide bonds. The fourth-order valence-electron chi connectivity index (χ4n) is 2.61. The largest absolute Gasteiger partial charge is 0.465 e. The number of ether oxygens (including phenoxy) is 1. The van der Waals surface area contributed by atoms with E-state index in [1.165, 1.54) is 31.4 Å². The average Bonchev–Trinajstić information content (AvgIpc) is 2.54. The van der Waals surface area contributed by atoms with E-state index in [1.54, 1.807) is 0 Å². The van der Waals surface area contributed by atoms with Gasteiger partial charge in [-0.15, -0.1) is 0 Å². The van der Waals surface area contributed by atoms with Crippen molar-refractivity contribution in [3.63, 3.8) is 0 Å². The molecule has 0 radical (unpaired) electrons. The second kappa shape index (κ2) is 7.21. The Morgan fingerprint density at radius 2 is 2.05 bits per heavy atom. The number of nitrogens with zero attached hydrogens (tertiary/aromatic N) is 1. The van der Waals surface area contributed by atoms with Gasteiger partial charge in [0.1, 0.15) is 0 Å². The Bertz CT molecular complexity index is 613. The topological polar surface area (TPSA) is 75.7 Å². The molecule has 122 valence electrons. The molecule has 1 aliphatic heterocycles. The Hall–Kier alpha value is -1.44. The van der Waals surface area contributed by atoms with Gasteiger partial charge >= 0.3 is 5.97 Å². The van der Waals surface area contributed by atoms with Gasteiger partial charge in [-0.05, 0) is 50.2 Å². The zero-order chi connectivity index (χ0) is 16.2. The quantitative estimate of drug-likeness (QED) is 0.824. The first-order chi connectivity index (χ1) is 10.5. The van der Waals surface area contributed by atoms with E-state index in [-0.39, 0.29) is 10.9 Å². The first-order valence-electron chi connectivity index (χ1n) is 7.39. The van der Waals surface area contributed by atoms with Crippen LogP contribution in [0.2, 0.25) is 0 Å². The lowest BCUT2D eigenvalue weighted by molar-refractivity contribution is 0.0600. The molecule has 22 heavy (non-hydrogen) atoms. The fourth-order valence-corrected chi connectivity index (χ4v) is 3.88. The van der Waals surface area contributed by atoms with Crippen molar-refractivity contribution in [2.24, 2.45) is 0 Å². The van der Waals surface area contributed by atoms with Crippen molar-refractivity contribution in [3.05, 3.63) is 29.8 Å². The van der Waals surface area contributed by atoms with Crippen LogP contribution in [-0.2, 0) is 14.8 Å². The second-order valence-electron chi connectivity index (χ2n) is 5.37. The molecule has 0 spiro atoms. The van der Waals surface area contributed by atoms with Crippen LogP contribution in [0, 0.1) is 0 Å². The fraction of sp³-hybridized carbons (Fsp3) is 0.533. The maximum atomic E-state index is 12.4. The lowest BCUT2D eigenvalue weighted by Crippen LogP contribution is -2.47. The second-order valence-corrected chi connectivity index (χ2v) is 7.08. The lowest BCUT2D eigenvalue weighted by atomic mass is 10.1. The number of likely N-dealkylation sites (tertiary alicyclic amines) is 1. The highest BCUT2D eigenvalue weighted by molar-refractivity contribution is 7.89. The van der Waals surface area contributed by atoms with Crippen molar-refractivity contribution in [1.29, 1.82) is 0 Å². The van der Waals surface area contributed by atoms with E-state index in [4.69, 9.17) is 0 Å². The number of hydrogen-bond acceptors (Lipinski definition) is 5. The van der Waals surface area contributed by atoms with Crippen LogP contribution >= 0.6 is 0 Å². The molecule has 1 aliphatic rings. The van der Waals surface area contributed by atoms with Gasteiger partial charge in [-0.1, -0.05) is 6.92 Å². The smallest absolute Gasteiger partial charge is 0.337 e. The molecule has 1 aromatic carbocycles. The SMILES string of the molecule is CCN1CCCC(NS(=O)(=O)c2ccc(C(=O)OC)cc2)C1. The molecule has 1 unspecified atom stereocenters. The van der Waals surface area contributed by atoms with Crippen LogP contribution in [0.5, 0.6) is 0 Å². The summed E-state index contributed by atoms with van der Waals surface area (Å²) in [5, 5.41) is 0. The van der Waals surface area contributed by atoms with Crippen LogP contribution in [0.3, 0.4) is 0 Å². The zero-order valence-electron chi connectivity index (χ0n) is 12.9. The van der Waals surface area contributed by atoms with Crippen molar-refractivity contribution >= 4 is 16.0 Å². The van der Waals surface area contributed by atoms with Gasteiger partial charge in [-0.2, -0.15) is 0 Å². The van der Waals surface area contributed by atoms with Crippen molar-refractivity contribution in [2.45, 2.75) is 30.7 Å². The molecule has 0 aromatic heterocycles. The van der Waals surface area contributed by atoms with Crippen molar-refractivity contribution < 1.29 is 17.9 Å². The lowest BCUT2D eigenvalue weighted by Gasteiger charge is -2.32. The van der Waals surface area contributed by atoms with E-state index >= 15 is 0 Å². The van der Waals surface area contributed by atoms with Crippen molar-refractivity contribution in [1.82, 2.24) is 9.62 Å². The molecule has 1 saturated heterocycles. The molecule has 7 heteroatoms. The van der Waals surface area contributed by atoms with E-state index in [1.807, 2.05) is 0 Å². The molecule has 1 fully saturated rings. The van der Waals surface area contributed by atoms with Crippen LogP contribution in [-0.4, -0.2) is 52.1 Å². The average molecular weight is 326 g/mol. The van der Waals surface area contributed by atoms with Crippen LogP contribution in [0.25, 0.3) is 0 Å². The molecular weight excluding hydrogens is 304 g/mol. The maximum absolute atomic E-state index is 12.4. The minimum absolute atomic E-state index is 0.0704. The molecule has 1 atom stereocenters. The number of methoxy groups -OCH3 is 1. The minimum atomic E-state index is -3.57. The number of nitrogens with one attached hydrogen (secondary N) is 1. The Morgan fingerprint density at radius 1 is 1.36 bits per heavy atom. The number of piperidine rings is 1. The first kappa shape index (κ1) is 16.9. The third-order valence-electron chi connectivity index (χ3n) is 3.86. The van der Waals surface area contributed by atoms with E-state index in [9.17, 15) is 13.2 Å². The molecule has 0 saturated carbocycles. The Balaban J connectivity index is 2.08. The number of esters is 1. The molecule has 1 N–H and O–H groups in total. The van der Waals surface area contributed by atoms with E-state index in [0.29, 0.717) is 5.56 Å². The minimum Gasteiger partial charge on any atom is -0.465 e. The van der Waals surface area contributed by atoms with Crippen LogP contribution in [0.4, 0.5) is 0 Å². The number of hydrogen-bond donors (Lipinski definition) is 1. The molecule has 1 heterocycles. The summed E-state index contributed by atoms with van der Waals surface area (Å²) in [7, 11) is -2.28. The number of likely N-dealkylation sites (N-methyl/N-ethyl adjacent to an activating group) is 1. The summed E-state index contributed by atoms with van der Waals surface area (Å²) in [6.07, 6.45) is 1.83. The molecule has 0 bridgehead atoms. The third kappa shape index (κ3) is 4.06. The summed E-state index contributed by atoms with van der Waals surface area (Å²) < 4.78 is 32.2. The van der Waals surface area contributed by atoms with Gasteiger partial charge in [-0.3, -0.25) is 0 Å². The Morgan fingerprint density at radius 3 is 2.64 bits per heavy atom. The number of benzene rings is 1. The Kier molecular flexibility index (Phi) is 5.55. The number of sulfonamides is 1. The highest BCUT2D eigenvalue weighted by Gasteiger charge is 2.24. The van der Waals surface area contributed by atoms with Crippen LogP contribution in [0.15, 0.2) is 29.2 Å². The molecular formula is C15H22N2O4S. The summed E-state index contributed by atoms with van der Waals surface area (Å²) in [6, 6.07) is 5.70. The highest BCUT2D eigenvalue weighted by Crippen LogP contribution is 2.15. The first-order valence-corrected chi connectivity index (χ1v) is 8.87. The van der Waals surface area contributed by atoms with Gasteiger partial charge in [0.2, 0.25) is 10.0 Å². The van der Waals surface area contributed by atoms with Gasteiger partial charge in [0.15, 0.2) is 0 Å². The highest BCUT2D eigenvalue weighted by atomic mass is 32.2. The van der Waals surface area contributed by atoms with E-state index < -0.39 is 16.0 Å². The summed E-state index contributed by atoms with van der Waals surface area (Å²) >= 11 is 0.